The van der Waals surface area contributed by atoms with Crippen molar-refractivity contribution in [3.8, 4) is 0 Å². The predicted octanol–water partition coefficient (Wildman–Crippen LogP) is 2.41. The number of benzene rings is 1. The molecule has 1 amide bonds. The number of carbonyl (C=O) groups is 1. The summed E-state index contributed by atoms with van der Waals surface area (Å²) in [6, 6.07) is 9.28. The summed E-state index contributed by atoms with van der Waals surface area (Å²) in [4.78, 5) is 21.2. The quantitative estimate of drug-likeness (QED) is 0.531. The number of anilines is 2. The lowest BCUT2D eigenvalue weighted by Crippen LogP contribution is -2.27. The number of nitrogens with one attached hydrogen (secondary N) is 2. The Balaban J connectivity index is 1.60. The van der Waals surface area contributed by atoms with E-state index in [1.54, 1.807) is 19.3 Å². The van der Waals surface area contributed by atoms with E-state index in [9.17, 15) is 4.79 Å². The summed E-state index contributed by atoms with van der Waals surface area (Å²) in [7, 11) is 2.99. The third-order valence-electron chi connectivity index (χ3n) is 4.07. The van der Waals surface area contributed by atoms with Crippen LogP contribution in [0.1, 0.15) is 5.69 Å². The number of H-pyrrole nitrogens is 1. The summed E-state index contributed by atoms with van der Waals surface area (Å²) in [6.45, 7) is 0. The number of likely N-dealkylation sites (N-methyl/N-ethyl adjacent to an activating group) is 1. The van der Waals surface area contributed by atoms with Crippen molar-refractivity contribution in [2.75, 3.05) is 19.5 Å². The Hall–Kier alpha value is -3.46. The van der Waals surface area contributed by atoms with Gasteiger partial charge in [-0.1, -0.05) is 5.16 Å². The molecule has 0 aliphatic heterocycles. The van der Waals surface area contributed by atoms with Gasteiger partial charge in [-0.25, -0.2) is 5.06 Å². The van der Waals surface area contributed by atoms with Crippen LogP contribution < -0.4 is 5.32 Å². The fourth-order valence-corrected chi connectivity index (χ4v) is 2.63. The van der Waals surface area contributed by atoms with Crippen LogP contribution in [0.15, 0.2) is 41.1 Å². The maximum atomic E-state index is 12.0. The van der Waals surface area contributed by atoms with Crippen molar-refractivity contribution < 1.29 is 14.2 Å². The van der Waals surface area contributed by atoms with Crippen molar-refractivity contribution >= 4 is 39.4 Å². The maximum absolute atomic E-state index is 12.0. The number of nitrogens with zero attached hydrogens (tertiary/aromatic N) is 4. The number of hydrogen-bond acceptors (Lipinski definition) is 7. The second-order valence-electron chi connectivity index (χ2n) is 5.69. The number of fused-ring (bicyclic) bond motifs is 2. The van der Waals surface area contributed by atoms with Crippen LogP contribution in [0.25, 0.3) is 22.0 Å². The fourth-order valence-electron chi connectivity index (χ4n) is 2.63. The Kier molecular flexibility index (Phi) is 3.98. The molecule has 0 bridgehead atoms. The Morgan fingerprint density at radius 3 is 3.12 bits per heavy atom. The number of carbonyl (C=O) groups excluding carboxylic acids is 1. The third-order valence-corrected chi connectivity index (χ3v) is 4.07. The van der Waals surface area contributed by atoms with Gasteiger partial charge in [-0.3, -0.25) is 19.7 Å². The molecule has 132 valence electrons. The standard InChI is InChI=1S/C17H16N6O3/c1-23(25-2)15(24)9-13-11-6-5-10(8-14(11)26-22-13)19-17-16-12(20-21-17)4-3-7-18-16/h3-8H,9H2,1-2H3,(H2,19,20,21). The SMILES string of the molecule is CON(C)C(=O)Cc1noc2cc(Nc3n[nH]c4cccnc34)ccc12. The van der Waals surface area contributed by atoms with E-state index in [0.29, 0.717) is 17.1 Å². The average molecular weight is 352 g/mol. The van der Waals surface area contributed by atoms with E-state index in [1.165, 1.54) is 7.11 Å². The van der Waals surface area contributed by atoms with Crippen molar-refractivity contribution in [2.45, 2.75) is 6.42 Å². The van der Waals surface area contributed by atoms with E-state index >= 15 is 0 Å². The van der Waals surface area contributed by atoms with E-state index in [1.807, 2.05) is 24.3 Å². The van der Waals surface area contributed by atoms with Crippen LogP contribution in [-0.4, -0.2) is 45.5 Å². The predicted molar refractivity (Wildman–Crippen MR) is 94.7 cm³/mol. The van der Waals surface area contributed by atoms with Gasteiger partial charge in [0.25, 0.3) is 5.91 Å². The van der Waals surface area contributed by atoms with E-state index in [4.69, 9.17) is 9.36 Å². The Morgan fingerprint density at radius 2 is 2.27 bits per heavy atom. The monoisotopic (exact) mass is 352 g/mol. The van der Waals surface area contributed by atoms with Crippen LogP contribution >= 0.6 is 0 Å². The van der Waals surface area contributed by atoms with Crippen molar-refractivity contribution in [2.24, 2.45) is 0 Å². The molecule has 4 rings (SSSR count). The first-order valence-corrected chi connectivity index (χ1v) is 7.91. The van der Waals surface area contributed by atoms with Crippen LogP contribution in [-0.2, 0) is 16.1 Å². The third kappa shape index (κ3) is 2.84. The summed E-state index contributed by atoms with van der Waals surface area (Å²) in [5.74, 6) is 0.413. The largest absolute Gasteiger partial charge is 0.356 e. The lowest BCUT2D eigenvalue weighted by atomic mass is 10.1. The molecular formula is C17H16N6O3. The van der Waals surface area contributed by atoms with Gasteiger partial charge in [0.1, 0.15) is 11.2 Å². The smallest absolute Gasteiger partial charge is 0.252 e. The number of pyridine rings is 1. The van der Waals surface area contributed by atoms with Gasteiger partial charge in [-0.05, 0) is 24.3 Å². The summed E-state index contributed by atoms with van der Waals surface area (Å²) in [6.07, 6.45) is 1.81. The highest BCUT2D eigenvalue weighted by Crippen LogP contribution is 2.26. The van der Waals surface area contributed by atoms with Gasteiger partial charge in [0.15, 0.2) is 11.4 Å². The molecule has 0 saturated heterocycles. The van der Waals surface area contributed by atoms with Gasteiger partial charge in [-0.15, -0.1) is 0 Å². The first-order valence-electron chi connectivity index (χ1n) is 7.91. The van der Waals surface area contributed by atoms with E-state index in [-0.39, 0.29) is 12.3 Å². The highest BCUT2D eigenvalue weighted by molar-refractivity contribution is 5.90. The van der Waals surface area contributed by atoms with Gasteiger partial charge in [0.2, 0.25) is 0 Å². The number of aromatic amines is 1. The number of hydroxylamine groups is 2. The molecule has 2 N–H and O–H groups in total. The molecule has 0 radical (unpaired) electrons. The van der Waals surface area contributed by atoms with Gasteiger partial charge in [0, 0.05) is 30.4 Å². The van der Waals surface area contributed by atoms with E-state index in [2.05, 4.69) is 25.7 Å². The highest BCUT2D eigenvalue weighted by atomic mass is 16.7. The molecule has 3 aromatic heterocycles. The van der Waals surface area contributed by atoms with Crippen molar-refractivity contribution in [3.05, 3.63) is 42.2 Å². The molecular weight excluding hydrogens is 336 g/mol. The Labute approximate surface area is 147 Å². The van der Waals surface area contributed by atoms with Gasteiger partial charge in [-0.2, -0.15) is 5.10 Å². The zero-order valence-corrected chi connectivity index (χ0v) is 14.2. The van der Waals surface area contributed by atoms with Crippen molar-refractivity contribution in [3.63, 3.8) is 0 Å². The molecule has 1 aromatic carbocycles. The van der Waals surface area contributed by atoms with Crippen LogP contribution in [0, 0.1) is 0 Å². The number of rotatable bonds is 5. The van der Waals surface area contributed by atoms with Crippen LogP contribution in [0.4, 0.5) is 11.5 Å². The van der Waals surface area contributed by atoms with Crippen LogP contribution in [0.5, 0.6) is 0 Å². The number of amides is 1. The minimum Gasteiger partial charge on any atom is -0.356 e. The summed E-state index contributed by atoms with van der Waals surface area (Å²) < 4.78 is 5.37. The van der Waals surface area contributed by atoms with Crippen molar-refractivity contribution in [1.82, 2.24) is 25.4 Å². The topological polar surface area (TPSA) is 109 Å². The molecule has 0 fully saturated rings. The van der Waals surface area contributed by atoms with Gasteiger partial charge in [0.05, 0.1) is 19.0 Å². The molecule has 0 aliphatic rings. The Morgan fingerprint density at radius 1 is 1.38 bits per heavy atom. The molecule has 9 nitrogen and oxygen atoms in total. The number of aromatic nitrogens is 4. The summed E-state index contributed by atoms with van der Waals surface area (Å²) >= 11 is 0. The molecule has 26 heavy (non-hydrogen) atoms. The van der Waals surface area contributed by atoms with E-state index in [0.717, 1.165) is 27.2 Å². The maximum Gasteiger partial charge on any atom is 0.252 e. The van der Waals surface area contributed by atoms with Crippen LogP contribution in [0.2, 0.25) is 0 Å². The normalized spacial score (nSPS) is 11.2. The minimum absolute atomic E-state index is 0.0953. The van der Waals surface area contributed by atoms with E-state index < -0.39 is 0 Å². The lowest BCUT2D eigenvalue weighted by Gasteiger charge is -2.12. The van der Waals surface area contributed by atoms with Gasteiger partial charge < -0.3 is 9.84 Å². The second-order valence-corrected chi connectivity index (χ2v) is 5.69. The van der Waals surface area contributed by atoms with Crippen LogP contribution in [0.3, 0.4) is 0 Å². The number of hydrogen-bond donors (Lipinski definition) is 2. The second kappa shape index (κ2) is 6.45. The van der Waals surface area contributed by atoms with Crippen molar-refractivity contribution in [1.29, 1.82) is 0 Å². The molecule has 0 spiro atoms. The first kappa shape index (κ1) is 16.0. The van der Waals surface area contributed by atoms with Gasteiger partial charge >= 0.3 is 0 Å². The first-order chi connectivity index (χ1) is 12.7. The zero-order valence-electron chi connectivity index (χ0n) is 14.2. The lowest BCUT2D eigenvalue weighted by molar-refractivity contribution is -0.167. The highest BCUT2D eigenvalue weighted by Gasteiger charge is 2.16. The molecule has 0 saturated carbocycles. The summed E-state index contributed by atoms with van der Waals surface area (Å²) in [5.41, 5.74) is 3.51. The molecule has 0 atom stereocenters. The molecule has 9 heteroatoms. The molecule has 3 heterocycles. The molecule has 4 aromatic rings. The zero-order chi connectivity index (χ0) is 18.1. The minimum atomic E-state index is -0.209. The molecule has 0 aliphatic carbocycles. The molecule has 0 unspecified atom stereocenters. The average Bonchev–Trinajstić information content (AvgIpc) is 3.25. The Bertz CT molecular complexity index is 1090. The summed E-state index contributed by atoms with van der Waals surface area (Å²) in [5, 5.41) is 16.3. The fraction of sp³-hybridized carbons (Fsp3) is 0.176.